The van der Waals surface area contributed by atoms with E-state index in [0.29, 0.717) is 0 Å². The van der Waals surface area contributed by atoms with Crippen molar-refractivity contribution in [3.8, 4) is 0 Å². The van der Waals surface area contributed by atoms with E-state index in [-0.39, 0.29) is 5.82 Å². The highest BCUT2D eigenvalue weighted by Gasteiger charge is 2.17. The smallest absolute Gasteiger partial charge is 0.376 e. The Balaban J connectivity index is 2.21. The Morgan fingerprint density at radius 3 is 2.93 bits per heavy atom. The van der Waals surface area contributed by atoms with Gasteiger partial charge in [0, 0.05) is 19.3 Å². The van der Waals surface area contributed by atoms with Gasteiger partial charge < -0.3 is 9.64 Å². The fraction of sp³-hybridized carbons (Fsp3) is 0.444. The van der Waals surface area contributed by atoms with Gasteiger partial charge in [-0.05, 0) is 12.5 Å². The van der Waals surface area contributed by atoms with Gasteiger partial charge in [0.1, 0.15) is 5.82 Å². The van der Waals surface area contributed by atoms with E-state index in [1.807, 2.05) is 0 Å². The van der Waals surface area contributed by atoms with Crippen molar-refractivity contribution in [1.82, 2.24) is 9.97 Å². The van der Waals surface area contributed by atoms with Gasteiger partial charge in [0.25, 0.3) is 0 Å². The molecule has 5 heteroatoms. The second kappa shape index (κ2) is 3.61. The van der Waals surface area contributed by atoms with Crippen LogP contribution >= 0.6 is 0 Å². The van der Waals surface area contributed by atoms with Crippen molar-refractivity contribution in [2.24, 2.45) is 0 Å². The van der Waals surface area contributed by atoms with Crippen molar-refractivity contribution >= 4 is 11.8 Å². The van der Waals surface area contributed by atoms with Gasteiger partial charge in [-0.25, -0.2) is 14.8 Å². The van der Waals surface area contributed by atoms with Crippen LogP contribution in [0.3, 0.4) is 0 Å². The summed E-state index contributed by atoms with van der Waals surface area (Å²) in [5.41, 5.74) is 0. The lowest BCUT2D eigenvalue weighted by atomic mass is 10.2. The van der Waals surface area contributed by atoms with Gasteiger partial charge in [-0.1, -0.05) is 0 Å². The molecule has 0 amide bonds. The molecular formula is C9H11N3O2. The molecule has 1 aliphatic rings. The molecule has 74 valence electrons. The van der Waals surface area contributed by atoms with Crippen LogP contribution in [-0.4, -0.2) is 36.1 Å². The molecule has 5 nitrogen and oxygen atoms in total. The molecule has 2 heterocycles. The van der Waals surface area contributed by atoms with Crippen LogP contribution in [0.25, 0.3) is 0 Å². The summed E-state index contributed by atoms with van der Waals surface area (Å²) < 4.78 is 4.54. The molecule has 0 saturated carbocycles. The minimum absolute atomic E-state index is 0.122. The summed E-state index contributed by atoms with van der Waals surface area (Å²) >= 11 is 0. The Morgan fingerprint density at radius 2 is 2.36 bits per heavy atom. The van der Waals surface area contributed by atoms with Gasteiger partial charge in [-0.2, -0.15) is 0 Å². The van der Waals surface area contributed by atoms with E-state index < -0.39 is 5.97 Å². The predicted octanol–water partition coefficient (Wildman–Crippen LogP) is 0.473. The van der Waals surface area contributed by atoms with Crippen molar-refractivity contribution in [2.75, 3.05) is 25.1 Å². The summed E-state index contributed by atoms with van der Waals surface area (Å²) in [7, 11) is 1.32. The molecular weight excluding hydrogens is 182 g/mol. The number of ether oxygens (including phenoxy) is 1. The lowest BCUT2D eigenvalue weighted by Crippen LogP contribution is -2.37. The monoisotopic (exact) mass is 193 g/mol. The van der Waals surface area contributed by atoms with E-state index in [4.69, 9.17) is 0 Å². The van der Waals surface area contributed by atoms with Crippen LogP contribution in [0.2, 0.25) is 0 Å². The Bertz CT molecular complexity index is 350. The second-order valence-corrected chi connectivity index (χ2v) is 3.07. The molecule has 14 heavy (non-hydrogen) atoms. The first-order valence-electron chi connectivity index (χ1n) is 4.47. The molecule has 0 radical (unpaired) electrons. The number of esters is 1. The molecule has 1 aliphatic heterocycles. The van der Waals surface area contributed by atoms with E-state index in [1.54, 1.807) is 12.3 Å². The maximum absolute atomic E-state index is 11.1. The third kappa shape index (κ3) is 1.53. The van der Waals surface area contributed by atoms with E-state index in [9.17, 15) is 4.79 Å². The SMILES string of the molecule is COC(=O)c1nccc(N2CCC2)n1. The topological polar surface area (TPSA) is 55.3 Å². The van der Waals surface area contributed by atoms with Crippen LogP contribution < -0.4 is 4.90 Å². The minimum Gasteiger partial charge on any atom is -0.463 e. The summed E-state index contributed by atoms with van der Waals surface area (Å²) in [5, 5.41) is 0. The highest BCUT2D eigenvalue weighted by Crippen LogP contribution is 2.16. The van der Waals surface area contributed by atoms with Crippen molar-refractivity contribution in [3.63, 3.8) is 0 Å². The maximum Gasteiger partial charge on any atom is 0.376 e. The van der Waals surface area contributed by atoms with Crippen LogP contribution in [0.4, 0.5) is 5.82 Å². The third-order valence-corrected chi connectivity index (χ3v) is 2.19. The van der Waals surface area contributed by atoms with Crippen LogP contribution in [0.5, 0.6) is 0 Å². The Morgan fingerprint density at radius 1 is 1.57 bits per heavy atom. The highest BCUT2D eigenvalue weighted by atomic mass is 16.5. The standard InChI is InChI=1S/C9H11N3O2/c1-14-9(13)8-10-4-3-7(11-8)12-5-2-6-12/h3-4H,2,5-6H2,1H3. The molecule has 1 aromatic heterocycles. The fourth-order valence-corrected chi connectivity index (χ4v) is 1.26. The molecule has 0 bridgehead atoms. The number of anilines is 1. The van der Waals surface area contributed by atoms with E-state index in [0.717, 1.165) is 18.9 Å². The molecule has 1 fully saturated rings. The normalized spacial score (nSPS) is 14.8. The van der Waals surface area contributed by atoms with Crippen LogP contribution in [0.15, 0.2) is 12.3 Å². The summed E-state index contributed by atoms with van der Waals surface area (Å²) in [6.45, 7) is 2.00. The molecule has 0 unspecified atom stereocenters. The predicted molar refractivity (Wildman–Crippen MR) is 50.2 cm³/mol. The first kappa shape index (κ1) is 8.93. The average molecular weight is 193 g/mol. The Kier molecular flexibility index (Phi) is 2.30. The van der Waals surface area contributed by atoms with E-state index in [2.05, 4.69) is 19.6 Å². The zero-order valence-electron chi connectivity index (χ0n) is 7.93. The van der Waals surface area contributed by atoms with Gasteiger partial charge >= 0.3 is 5.97 Å². The molecule has 0 spiro atoms. The third-order valence-electron chi connectivity index (χ3n) is 2.19. The van der Waals surface area contributed by atoms with Crippen molar-refractivity contribution < 1.29 is 9.53 Å². The molecule has 0 aromatic carbocycles. The summed E-state index contributed by atoms with van der Waals surface area (Å²) in [6.07, 6.45) is 2.75. The van der Waals surface area contributed by atoms with Crippen molar-refractivity contribution in [1.29, 1.82) is 0 Å². The number of hydrogen-bond acceptors (Lipinski definition) is 5. The zero-order valence-corrected chi connectivity index (χ0v) is 7.93. The quantitative estimate of drug-likeness (QED) is 0.639. The van der Waals surface area contributed by atoms with Crippen molar-refractivity contribution in [2.45, 2.75) is 6.42 Å². The van der Waals surface area contributed by atoms with Gasteiger partial charge in [0.15, 0.2) is 0 Å². The number of carbonyl (C=O) groups excluding carboxylic acids is 1. The largest absolute Gasteiger partial charge is 0.463 e. The minimum atomic E-state index is -0.493. The number of nitrogens with zero attached hydrogens (tertiary/aromatic N) is 3. The number of methoxy groups -OCH3 is 1. The zero-order chi connectivity index (χ0) is 9.97. The van der Waals surface area contributed by atoms with E-state index in [1.165, 1.54) is 13.5 Å². The van der Waals surface area contributed by atoms with Crippen LogP contribution in [0, 0.1) is 0 Å². The Hall–Kier alpha value is -1.65. The molecule has 1 saturated heterocycles. The summed E-state index contributed by atoms with van der Waals surface area (Å²) in [6, 6.07) is 1.80. The first-order chi connectivity index (χ1) is 6.81. The van der Waals surface area contributed by atoms with Crippen molar-refractivity contribution in [3.05, 3.63) is 18.1 Å². The number of hydrogen-bond donors (Lipinski definition) is 0. The summed E-state index contributed by atoms with van der Waals surface area (Å²) in [4.78, 5) is 21.2. The number of rotatable bonds is 2. The highest BCUT2D eigenvalue weighted by molar-refractivity contribution is 5.85. The van der Waals surface area contributed by atoms with Crippen LogP contribution in [-0.2, 0) is 4.74 Å². The Labute approximate surface area is 81.7 Å². The number of aromatic nitrogens is 2. The molecule has 0 atom stereocenters. The molecule has 1 aromatic rings. The van der Waals surface area contributed by atoms with Gasteiger partial charge in [-0.15, -0.1) is 0 Å². The van der Waals surface area contributed by atoms with Crippen LogP contribution in [0.1, 0.15) is 17.0 Å². The second-order valence-electron chi connectivity index (χ2n) is 3.07. The summed E-state index contributed by atoms with van der Waals surface area (Å²) in [5.74, 6) is 0.427. The van der Waals surface area contributed by atoms with Gasteiger partial charge in [0.2, 0.25) is 5.82 Å². The van der Waals surface area contributed by atoms with Gasteiger partial charge in [0.05, 0.1) is 7.11 Å². The molecule has 2 rings (SSSR count). The fourth-order valence-electron chi connectivity index (χ4n) is 1.26. The van der Waals surface area contributed by atoms with E-state index >= 15 is 0 Å². The molecule has 0 N–H and O–H groups in total. The molecule has 0 aliphatic carbocycles. The van der Waals surface area contributed by atoms with Gasteiger partial charge in [-0.3, -0.25) is 0 Å². The average Bonchev–Trinajstić information content (AvgIpc) is 2.14. The maximum atomic E-state index is 11.1. The lowest BCUT2D eigenvalue weighted by molar-refractivity contribution is 0.0586. The lowest BCUT2D eigenvalue weighted by Gasteiger charge is -2.31. The number of carbonyl (C=O) groups is 1. The first-order valence-corrected chi connectivity index (χ1v) is 4.47.